The fraction of sp³-hybridized carbons (Fsp3) is 0.833. The highest BCUT2D eigenvalue weighted by molar-refractivity contribution is 6.02. The summed E-state index contributed by atoms with van der Waals surface area (Å²) >= 11 is 0. The van der Waals surface area contributed by atoms with E-state index in [-0.39, 0.29) is 17.8 Å². The third-order valence-electron chi connectivity index (χ3n) is 2.58. The van der Waals surface area contributed by atoms with E-state index in [9.17, 15) is 4.79 Å². The van der Waals surface area contributed by atoms with Crippen LogP contribution in [0.3, 0.4) is 0 Å². The van der Waals surface area contributed by atoms with E-state index in [1.807, 2.05) is 13.8 Å². The summed E-state index contributed by atoms with van der Waals surface area (Å²) < 4.78 is 0. The number of oxime groups is 1. The number of nitrogens with zero attached hydrogens (tertiary/aromatic N) is 1. The van der Waals surface area contributed by atoms with Gasteiger partial charge in [-0.15, -0.1) is 0 Å². The Labute approximate surface area is 103 Å². The first kappa shape index (κ1) is 15.7. The first-order valence-corrected chi connectivity index (χ1v) is 6.20. The molecule has 2 atom stereocenters. The lowest BCUT2D eigenvalue weighted by Gasteiger charge is -2.20. The summed E-state index contributed by atoms with van der Waals surface area (Å²) in [4.78, 5) is 11.9. The summed E-state index contributed by atoms with van der Waals surface area (Å²) in [7, 11) is 0. The van der Waals surface area contributed by atoms with Gasteiger partial charge in [-0.05, 0) is 25.7 Å². The van der Waals surface area contributed by atoms with Crippen LogP contribution >= 0.6 is 0 Å². The maximum Gasteiger partial charge on any atom is 0.231 e. The molecule has 100 valence electrons. The molecule has 0 heterocycles. The summed E-state index contributed by atoms with van der Waals surface area (Å²) in [5, 5.41) is 14.5. The minimum atomic E-state index is -0.528. The first-order chi connectivity index (χ1) is 7.92. The molecule has 0 saturated carbocycles. The Balaban J connectivity index is 4.42. The summed E-state index contributed by atoms with van der Waals surface area (Å²) in [6, 6.07) is 0.105. The van der Waals surface area contributed by atoms with Crippen LogP contribution in [0.1, 0.15) is 47.0 Å². The lowest BCUT2D eigenvalue weighted by molar-refractivity contribution is -0.124. The van der Waals surface area contributed by atoms with Gasteiger partial charge in [-0.2, -0.15) is 0 Å². The molecule has 5 heteroatoms. The second-order valence-corrected chi connectivity index (χ2v) is 4.91. The summed E-state index contributed by atoms with van der Waals surface area (Å²) in [5.41, 5.74) is 5.52. The molecule has 0 aliphatic heterocycles. The molecule has 17 heavy (non-hydrogen) atoms. The van der Waals surface area contributed by atoms with Gasteiger partial charge in [0.05, 0.1) is 5.92 Å². The molecule has 0 fully saturated rings. The number of nitrogens with two attached hydrogens (primary N) is 1. The first-order valence-electron chi connectivity index (χ1n) is 6.20. The zero-order valence-corrected chi connectivity index (χ0v) is 11.2. The SMILES string of the molecule is CCCC(C(=O)NC(C)CC(C)C)/C(N)=N/O. The van der Waals surface area contributed by atoms with Crippen LogP contribution in [0.25, 0.3) is 0 Å². The quantitative estimate of drug-likeness (QED) is 0.275. The molecule has 0 aromatic carbocycles. The molecule has 0 saturated heterocycles. The van der Waals surface area contributed by atoms with Crippen LogP contribution < -0.4 is 11.1 Å². The molecule has 5 nitrogen and oxygen atoms in total. The number of amidine groups is 1. The Morgan fingerprint density at radius 2 is 2.00 bits per heavy atom. The minimum absolute atomic E-state index is 0.0129. The van der Waals surface area contributed by atoms with Gasteiger partial charge in [0, 0.05) is 6.04 Å². The molecular weight excluding hydrogens is 218 g/mol. The number of rotatable bonds is 7. The van der Waals surface area contributed by atoms with Crippen LogP contribution in [0.15, 0.2) is 5.16 Å². The van der Waals surface area contributed by atoms with Crippen LogP contribution in [0, 0.1) is 11.8 Å². The molecule has 0 rings (SSSR count). The van der Waals surface area contributed by atoms with Crippen LogP contribution in [0.4, 0.5) is 0 Å². The van der Waals surface area contributed by atoms with E-state index in [1.54, 1.807) is 0 Å². The number of nitrogens with one attached hydrogen (secondary N) is 1. The van der Waals surface area contributed by atoms with Gasteiger partial charge < -0.3 is 16.3 Å². The third kappa shape index (κ3) is 6.14. The van der Waals surface area contributed by atoms with Crippen molar-refractivity contribution in [3.63, 3.8) is 0 Å². The molecule has 0 radical (unpaired) electrons. The predicted molar refractivity (Wildman–Crippen MR) is 68.9 cm³/mol. The van der Waals surface area contributed by atoms with Gasteiger partial charge in [0.1, 0.15) is 0 Å². The standard InChI is InChI=1S/C12H25N3O2/c1-5-6-10(11(13)15-17)12(16)14-9(4)7-8(2)3/h8-10,17H,5-7H2,1-4H3,(H2,13,15)(H,14,16). The molecular formula is C12H25N3O2. The topological polar surface area (TPSA) is 87.7 Å². The van der Waals surface area contributed by atoms with E-state index >= 15 is 0 Å². The van der Waals surface area contributed by atoms with Gasteiger partial charge in [0.15, 0.2) is 5.84 Å². The van der Waals surface area contributed by atoms with Crippen molar-refractivity contribution in [2.75, 3.05) is 0 Å². The Hall–Kier alpha value is -1.26. The second-order valence-electron chi connectivity index (χ2n) is 4.91. The van der Waals surface area contributed by atoms with E-state index in [4.69, 9.17) is 10.9 Å². The largest absolute Gasteiger partial charge is 0.409 e. The minimum Gasteiger partial charge on any atom is -0.409 e. The van der Waals surface area contributed by atoms with E-state index in [2.05, 4.69) is 24.3 Å². The van der Waals surface area contributed by atoms with Crippen LogP contribution in [0.2, 0.25) is 0 Å². The highest BCUT2D eigenvalue weighted by Gasteiger charge is 2.23. The van der Waals surface area contributed by atoms with Gasteiger partial charge in [-0.25, -0.2) is 0 Å². The highest BCUT2D eigenvalue weighted by atomic mass is 16.4. The molecule has 0 aromatic rings. The smallest absolute Gasteiger partial charge is 0.231 e. The van der Waals surface area contributed by atoms with Gasteiger partial charge in [-0.3, -0.25) is 4.79 Å². The second kappa shape index (κ2) is 7.92. The molecule has 0 aliphatic rings. The molecule has 0 aliphatic carbocycles. The van der Waals surface area contributed by atoms with Crippen molar-refractivity contribution in [3.05, 3.63) is 0 Å². The monoisotopic (exact) mass is 243 g/mol. The molecule has 4 N–H and O–H groups in total. The number of amides is 1. The Kier molecular flexibility index (Phi) is 7.34. The maximum atomic E-state index is 11.9. The van der Waals surface area contributed by atoms with Crippen molar-refractivity contribution in [3.8, 4) is 0 Å². The van der Waals surface area contributed by atoms with Gasteiger partial charge in [0.2, 0.25) is 5.91 Å². The van der Waals surface area contributed by atoms with Crippen molar-refractivity contribution in [1.82, 2.24) is 5.32 Å². The number of hydrogen-bond acceptors (Lipinski definition) is 3. The number of hydrogen-bond donors (Lipinski definition) is 3. The summed E-state index contributed by atoms with van der Waals surface area (Å²) in [6.07, 6.45) is 2.32. The van der Waals surface area contributed by atoms with E-state index < -0.39 is 5.92 Å². The lowest BCUT2D eigenvalue weighted by Crippen LogP contribution is -2.43. The Bertz CT molecular complexity index is 264. The molecule has 0 aromatic heterocycles. The average molecular weight is 243 g/mol. The summed E-state index contributed by atoms with van der Waals surface area (Å²) in [5.74, 6) is -0.171. The van der Waals surface area contributed by atoms with Gasteiger partial charge in [-0.1, -0.05) is 32.3 Å². The molecule has 1 amide bonds. The van der Waals surface area contributed by atoms with Crippen molar-refractivity contribution < 1.29 is 10.0 Å². The third-order valence-corrected chi connectivity index (χ3v) is 2.58. The van der Waals surface area contributed by atoms with E-state index in [1.165, 1.54) is 0 Å². The zero-order chi connectivity index (χ0) is 13.4. The van der Waals surface area contributed by atoms with E-state index in [0.29, 0.717) is 12.3 Å². The van der Waals surface area contributed by atoms with Crippen LogP contribution in [-0.2, 0) is 4.79 Å². The summed E-state index contributed by atoms with van der Waals surface area (Å²) in [6.45, 7) is 8.14. The Morgan fingerprint density at radius 3 is 2.41 bits per heavy atom. The fourth-order valence-electron chi connectivity index (χ4n) is 1.88. The van der Waals surface area contributed by atoms with Crippen LogP contribution in [0.5, 0.6) is 0 Å². The Morgan fingerprint density at radius 1 is 1.41 bits per heavy atom. The van der Waals surface area contributed by atoms with Crippen molar-refractivity contribution in [1.29, 1.82) is 0 Å². The number of carbonyl (C=O) groups is 1. The van der Waals surface area contributed by atoms with Crippen LogP contribution in [-0.4, -0.2) is 23.0 Å². The van der Waals surface area contributed by atoms with Crippen molar-refractivity contribution in [2.45, 2.75) is 53.0 Å². The lowest BCUT2D eigenvalue weighted by atomic mass is 9.99. The normalized spacial score (nSPS) is 15.7. The average Bonchev–Trinajstić information content (AvgIpc) is 2.23. The predicted octanol–water partition coefficient (Wildman–Crippen LogP) is 1.70. The highest BCUT2D eigenvalue weighted by Crippen LogP contribution is 2.09. The molecule has 0 bridgehead atoms. The molecule has 2 unspecified atom stereocenters. The zero-order valence-electron chi connectivity index (χ0n) is 11.2. The van der Waals surface area contributed by atoms with Gasteiger partial charge in [0.25, 0.3) is 0 Å². The maximum absolute atomic E-state index is 11.9. The molecule has 0 spiro atoms. The number of carbonyl (C=O) groups excluding carboxylic acids is 1. The fourth-order valence-corrected chi connectivity index (χ4v) is 1.88. The van der Waals surface area contributed by atoms with E-state index in [0.717, 1.165) is 12.8 Å². The van der Waals surface area contributed by atoms with Crippen molar-refractivity contribution in [2.24, 2.45) is 22.7 Å². The van der Waals surface area contributed by atoms with Crippen molar-refractivity contribution >= 4 is 11.7 Å². The van der Waals surface area contributed by atoms with Gasteiger partial charge >= 0.3 is 0 Å².